The van der Waals surface area contributed by atoms with Crippen molar-refractivity contribution in [2.24, 2.45) is 0 Å². The number of aromatic hydroxyl groups is 1. The summed E-state index contributed by atoms with van der Waals surface area (Å²) in [7, 11) is 0. The topological polar surface area (TPSA) is 110 Å². The zero-order valence-corrected chi connectivity index (χ0v) is 20.2. The molecular formula is C26H32O9. The van der Waals surface area contributed by atoms with Crippen LogP contribution in [0.1, 0.15) is 13.8 Å². The molecule has 0 amide bonds. The van der Waals surface area contributed by atoms with Gasteiger partial charge in [-0.2, -0.15) is 0 Å². The van der Waals surface area contributed by atoms with Gasteiger partial charge in [0.25, 0.3) is 0 Å². The van der Waals surface area contributed by atoms with E-state index in [4.69, 9.17) is 28.4 Å². The van der Waals surface area contributed by atoms with Crippen LogP contribution in [-0.4, -0.2) is 69.9 Å². The van der Waals surface area contributed by atoms with Gasteiger partial charge in [0.05, 0.1) is 26.4 Å². The predicted molar refractivity (Wildman–Crippen MR) is 130 cm³/mol. The van der Waals surface area contributed by atoms with E-state index in [0.29, 0.717) is 28.0 Å². The van der Waals surface area contributed by atoms with Crippen LogP contribution in [0.25, 0.3) is 10.8 Å². The first-order valence-corrected chi connectivity index (χ1v) is 11.1. The van der Waals surface area contributed by atoms with Crippen molar-refractivity contribution in [2.75, 3.05) is 52.9 Å². The van der Waals surface area contributed by atoms with Crippen molar-refractivity contribution in [3.05, 3.63) is 54.6 Å². The van der Waals surface area contributed by atoms with Crippen LogP contribution in [-0.2, 0) is 28.5 Å². The number of carbonyl (C=O) groups excluding carboxylic acids is 2. The van der Waals surface area contributed by atoms with Crippen molar-refractivity contribution in [3.63, 3.8) is 0 Å². The Morgan fingerprint density at radius 3 is 1.77 bits per heavy atom. The molecule has 0 aromatic heterocycles. The lowest BCUT2D eigenvalue weighted by Gasteiger charge is -2.15. The molecule has 2 aromatic carbocycles. The summed E-state index contributed by atoms with van der Waals surface area (Å²) in [4.78, 5) is 22.6. The average Bonchev–Trinajstić information content (AvgIpc) is 2.83. The predicted octanol–water partition coefficient (Wildman–Crippen LogP) is 3.57. The lowest BCUT2D eigenvalue weighted by Crippen LogP contribution is -2.14. The maximum Gasteiger partial charge on any atom is 0.333 e. The fraction of sp³-hybridized carbons (Fsp3) is 0.385. The number of esters is 2. The van der Waals surface area contributed by atoms with Crippen molar-refractivity contribution in [3.8, 4) is 17.2 Å². The standard InChI is InChI=1S/C26H32O9/c1-18(2)25(28)34-15-11-30-9-13-32-23-17-22(27)24(21-8-6-5-7-20(21)23)33-14-10-31-12-16-35-26(29)19(3)4/h5-8,17,27H,1,3,9-16H2,2,4H3. The number of hydrogen-bond acceptors (Lipinski definition) is 9. The molecular weight excluding hydrogens is 456 g/mol. The van der Waals surface area contributed by atoms with Gasteiger partial charge in [-0.25, -0.2) is 9.59 Å². The molecule has 0 bridgehead atoms. The quantitative estimate of drug-likeness (QED) is 0.215. The Morgan fingerprint density at radius 1 is 0.743 bits per heavy atom. The molecule has 0 unspecified atom stereocenters. The van der Waals surface area contributed by atoms with E-state index in [9.17, 15) is 14.7 Å². The summed E-state index contributed by atoms with van der Waals surface area (Å²) in [6, 6.07) is 8.87. The summed E-state index contributed by atoms with van der Waals surface area (Å²) in [5, 5.41) is 12.0. The van der Waals surface area contributed by atoms with Crippen molar-refractivity contribution in [1.29, 1.82) is 0 Å². The smallest absolute Gasteiger partial charge is 0.333 e. The summed E-state index contributed by atoms with van der Waals surface area (Å²) in [5.74, 6) is -0.176. The number of fused-ring (bicyclic) bond motifs is 1. The largest absolute Gasteiger partial charge is 0.504 e. The lowest BCUT2D eigenvalue weighted by molar-refractivity contribution is -0.141. The molecule has 0 spiro atoms. The van der Waals surface area contributed by atoms with Crippen LogP contribution in [0.5, 0.6) is 17.2 Å². The summed E-state index contributed by atoms with van der Waals surface area (Å²) < 4.78 is 32.2. The number of rotatable bonds is 16. The Balaban J connectivity index is 1.80. The normalized spacial score (nSPS) is 10.6. The van der Waals surface area contributed by atoms with Gasteiger partial charge in [-0.05, 0) is 13.8 Å². The third-order valence-corrected chi connectivity index (χ3v) is 4.52. The Morgan fingerprint density at radius 2 is 1.23 bits per heavy atom. The van der Waals surface area contributed by atoms with Crippen molar-refractivity contribution >= 4 is 22.7 Å². The van der Waals surface area contributed by atoms with Gasteiger partial charge < -0.3 is 33.5 Å². The average molecular weight is 489 g/mol. The lowest BCUT2D eigenvalue weighted by atomic mass is 10.1. The molecule has 0 fully saturated rings. The van der Waals surface area contributed by atoms with Crippen molar-refractivity contribution in [1.82, 2.24) is 0 Å². The van der Waals surface area contributed by atoms with E-state index < -0.39 is 11.9 Å². The Kier molecular flexibility index (Phi) is 11.6. The van der Waals surface area contributed by atoms with Crippen LogP contribution >= 0.6 is 0 Å². The number of hydrogen-bond donors (Lipinski definition) is 1. The minimum atomic E-state index is -0.459. The molecule has 0 radical (unpaired) electrons. The highest BCUT2D eigenvalue weighted by molar-refractivity contribution is 5.95. The summed E-state index contributed by atoms with van der Waals surface area (Å²) in [5.41, 5.74) is 0.666. The SMILES string of the molecule is C=C(C)C(=O)OCCOCCOc1cc(O)c(OCCOCCOC(=O)C(=C)C)c2ccccc12. The third-order valence-electron chi connectivity index (χ3n) is 4.52. The van der Waals surface area contributed by atoms with Gasteiger partial charge in [0.2, 0.25) is 0 Å². The molecule has 190 valence electrons. The number of benzene rings is 2. The van der Waals surface area contributed by atoms with Crippen LogP contribution in [0.3, 0.4) is 0 Å². The molecule has 2 aromatic rings. The van der Waals surface area contributed by atoms with E-state index >= 15 is 0 Å². The zero-order valence-electron chi connectivity index (χ0n) is 20.2. The summed E-state index contributed by atoms with van der Waals surface area (Å²) in [6.45, 7) is 11.8. The third kappa shape index (κ3) is 9.30. The van der Waals surface area contributed by atoms with E-state index in [0.717, 1.165) is 5.39 Å². The monoisotopic (exact) mass is 488 g/mol. The molecule has 9 heteroatoms. The van der Waals surface area contributed by atoms with E-state index in [1.54, 1.807) is 13.8 Å². The number of phenolic OH excluding ortho intramolecular Hbond substituents is 1. The Bertz CT molecular complexity index is 1030. The molecule has 2 rings (SSSR count). The molecule has 0 aliphatic heterocycles. The summed E-state index contributed by atoms with van der Waals surface area (Å²) in [6.07, 6.45) is 0. The van der Waals surface area contributed by atoms with E-state index in [2.05, 4.69) is 13.2 Å². The van der Waals surface area contributed by atoms with Gasteiger partial charge in [0, 0.05) is 28.0 Å². The first-order valence-electron chi connectivity index (χ1n) is 11.1. The van der Waals surface area contributed by atoms with Gasteiger partial charge >= 0.3 is 11.9 Å². The van der Waals surface area contributed by atoms with E-state index in [1.807, 2.05) is 24.3 Å². The second-order valence-electron chi connectivity index (χ2n) is 7.52. The maximum atomic E-state index is 11.3. The zero-order chi connectivity index (χ0) is 25.6. The molecule has 0 heterocycles. The summed E-state index contributed by atoms with van der Waals surface area (Å²) >= 11 is 0. The fourth-order valence-electron chi connectivity index (χ4n) is 2.82. The molecule has 35 heavy (non-hydrogen) atoms. The van der Waals surface area contributed by atoms with Crippen LogP contribution in [0, 0.1) is 0 Å². The number of phenols is 1. The van der Waals surface area contributed by atoms with Gasteiger partial charge in [0.1, 0.15) is 32.2 Å². The second kappa shape index (κ2) is 14.6. The highest BCUT2D eigenvalue weighted by atomic mass is 16.6. The Hall–Kier alpha value is -3.56. The molecule has 0 aliphatic rings. The van der Waals surface area contributed by atoms with Crippen LogP contribution in [0.4, 0.5) is 0 Å². The molecule has 0 saturated carbocycles. The van der Waals surface area contributed by atoms with Crippen molar-refractivity contribution < 1.29 is 43.1 Å². The molecule has 0 atom stereocenters. The Labute approximate surface area is 204 Å². The molecule has 0 saturated heterocycles. The van der Waals surface area contributed by atoms with Crippen LogP contribution in [0.2, 0.25) is 0 Å². The van der Waals surface area contributed by atoms with Gasteiger partial charge in [0.15, 0.2) is 11.5 Å². The first kappa shape index (κ1) is 27.7. The minimum Gasteiger partial charge on any atom is -0.504 e. The van der Waals surface area contributed by atoms with E-state index in [-0.39, 0.29) is 58.6 Å². The number of ether oxygens (including phenoxy) is 6. The van der Waals surface area contributed by atoms with Crippen molar-refractivity contribution in [2.45, 2.75) is 13.8 Å². The highest BCUT2D eigenvalue weighted by Crippen LogP contribution is 2.40. The molecule has 9 nitrogen and oxygen atoms in total. The van der Waals surface area contributed by atoms with Gasteiger partial charge in [-0.1, -0.05) is 37.4 Å². The highest BCUT2D eigenvalue weighted by Gasteiger charge is 2.14. The van der Waals surface area contributed by atoms with E-state index in [1.165, 1.54) is 6.07 Å². The second-order valence-corrected chi connectivity index (χ2v) is 7.52. The first-order chi connectivity index (χ1) is 16.8. The maximum absolute atomic E-state index is 11.3. The van der Waals surface area contributed by atoms with Gasteiger partial charge in [-0.3, -0.25) is 0 Å². The van der Waals surface area contributed by atoms with Crippen LogP contribution < -0.4 is 9.47 Å². The van der Waals surface area contributed by atoms with Gasteiger partial charge in [-0.15, -0.1) is 0 Å². The molecule has 1 N–H and O–H groups in total. The molecule has 0 aliphatic carbocycles. The fourth-order valence-corrected chi connectivity index (χ4v) is 2.82. The minimum absolute atomic E-state index is 0.0679. The number of carbonyl (C=O) groups is 2. The van der Waals surface area contributed by atoms with Crippen LogP contribution in [0.15, 0.2) is 54.6 Å².